The van der Waals surface area contributed by atoms with Gasteiger partial charge in [-0.3, -0.25) is 4.79 Å². The van der Waals surface area contributed by atoms with Gasteiger partial charge in [0.15, 0.2) is 0 Å². The summed E-state index contributed by atoms with van der Waals surface area (Å²) in [6, 6.07) is 0. The van der Waals surface area contributed by atoms with Crippen LogP contribution in [0.4, 0.5) is 0 Å². The lowest BCUT2D eigenvalue weighted by atomic mass is 9.90. The normalized spacial score (nSPS) is 29.1. The first-order valence-corrected chi connectivity index (χ1v) is 7.37. The molecule has 0 saturated carbocycles. The molecule has 5 heteroatoms. The third-order valence-electron chi connectivity index (χ3n) is 4.51. The Hall–Kier alpha value is -0.650. The van der Waals surface area contributed by atoms with Crippen LogP contribution < -0.4 is 5.32 Å². The molecule has 0 aromatic heterocycles. The van der Waals surface area contributed by atoms with Crippen LogP contribution in [0.25, 0.3) is 0 Å². The molecule has 2 aliphatic rings. The molecule has 0 bridgehead atoms. The summed E-state index contributed by atoms with van der Waals surface area (Å²) in [5.41, 5.74) is -1.15. The summed E-state index contributed by atoms with van der Waals surface area (Å²) in [7, 11) is 4.15. The second-order valence-corrected chi connectivity index (χ2v) is 6.32. The third-order valence-corrected chi connectivity index (χ3v) is 4.51. The van der Waals surface area contributed by atoms with Crippen LogP contribution in [-0.4, -0.2) is 73.2 Å². The molecule has 110 valence electrons. The van der Waals surface area contributed by atoms with E-state index in [1.807, 2.05) is 7.05 Å². The quantitative estimate of drug-likeness (QED) is 0.751. The molecule has 2 rings (SSSR count). The van der Waals surface area contributed by atoms with Crippen molar-refractivity contribution >= 4 is 5.91 Å². The van der Waals surface area contributed by atoms with E-state index in [2.05, 4.69) is 22.2 Å². The van der Waals surface area contributed by atoms with Crippen molar-refractivity contribution in [2.24, 2.45) is 5.92 Å². The fraction of sp³-hybridized carbons (Fsp3) is 0.929. The van der Waals surface area contributed by atoms with Crippen LogP contribution in [0.1, 0.15) is 25.7 Å². The largest absolute Gasteiger partial charge is 0.380 e. The summed E-state index contributed by atoms with van der Waals surface area (Å²) < 4.78 is 0. The molecular formula is C14H27N3O2. The van der Waals surface area contributed by atoms with Gasteiger partial charge in [0, 0.05) is 26.2 Å². The third kappa shape index (κ3) is 3.91. The van der Waals surface area contributed by atoms with E-state index in [9.17, 15) is 9.90 Å². The maximum Gasteiger partial charge on any atom is 0.252 e. The lowest BCUT2D eigenvalue weighted by molar-refractivity contribution is -0.144. The predicted molar refractivity (Wildman–Crippen MR) is 74.9 cm³/mol. The van der Waals surface area contributed by atoms with Crippen molar-refractivity contribution in [3.8, 4) is 0 Å². The minimum absolute atomic E-state index is 0.172. The Morgan fingerprint density at radius 3 is 2.58 bits per heavy atom. The summed E-state index contributed by atoms with van der Waals surface area (Å²) in [5, 5.41) is 13.4. The Morgan fingerprint density at radius 2 is 1.95 bits per heavy atom. The fourth-order valence-corrected chi connectivity index (χ4v) is 3.06. The molecule has 0 aromatic carbocycles. The molecule has 2 heterocycles. The second kappa shape index (κ2) is 6.20. The minimum Gasteiger partial charge on any atom is -0.380 e. The van der Waals surface area contributed by atoms with Crippen molar-refractivity contribution in [3.63, 3.8) is 0 Å². The van der Waals surface area contributed by atoms with Crippen molar-refractivity contribution in [1.29, 1.82) is 0 Å². The van der Waals surface area contributed by atoms with E-state index in [0.29, 0.717) is 25.3 Å². The van der Waals surface area contributed by atoms with Gasteiger partial charge < -0.3 is 20.2 Å². The van der Waals surface area contributed by atoms with Crippen LogP contribution in [0.5, 0.6) is 0 Å². The molecule has 0 aliphatic carbocycles. The predicted octanol–water partition coefficient (Wildman–Crippen LogP) is -0.0989. The van der Waals surface area contributed by atoms with E-state index in [1.165, 1.54) is 12.8 Å². The van der Waals surface area contributed by atoms with Gasteiger partial charge in [-0.05, 0) is 52.2 Å². The molecule has 0 aromatic rings. The van der Waals surface area contributed by atoms with Gasteiger partial charge in [-0.25, -0.2) is 0 Å². The van der Waals surface area contributed by atoms with E-state index < -0.39 is 5.60 Å². The Morgan fingerprint density at radius 1 is 1.26 bits per heavy atom. The van der Waals surface area contributed by atoms with E-state index in [-0.39, 0.29) is 5.91 Å². The molecule has 19 heavy (non-hydrogen) atoms. The number of carbonyl (C=O) groups excluding carboxylic acids is 1. The maximum atomic E-state index is 12.2. The van der Waals surface area contributed by atoms with Gasteiger partial charge in [0.1, 0.15) is 5.60 Å². The summed E-state index contributed by atoms with van der Waals surface area (Å²) in [4.78, 5) is 16.6. The maximum absolute atomic E-state index is 12.2. The first kappa shape index (κ1) is 14.8. The highest BCUT2D eigenvalue weighted by molar-refractivity contribution is 5.85. The second-order valence-electron chi connectivity index (χ2n) is 6.32. The van der Waals surface area contributed by atoms with E-state index >= 15 is 0 Å². The molecule has 1 atom stereocenters. The molecular weight excluding hydrogens is 242 g/mol. The number of nitrogens with one attached hydrogen (secondary N) is 1. The summed E-state index contributed by atoms with van der Waals surface area (Å²) in [6.07, 6.45) is 3.46. The van der Waals surface area contributed by atoms with Gasteiger partial charge in [-0.2, -0.15) is 0 Å². The fourth-order valence-electron chi connectivity index (χ4n) is 3.06. The van der Waals surface area contributed by atoms with Crippen LogP contribution in [-0.2, 0) is 4.79 Å². The first-order valence-electron chi connectivity index (χ1n) is 7.37. The van der Waals surface area contributed by atoms with Gasteiger partial charge in [0.25, 0.3) is 5.91 Å². The number of piperidine rings is 2. The van der Waals surface area contributed by atoms with Gasteiger partial charge in [0.05, 0.1) is 0 Å². The van der Waals surface area contributed by atoms with E-state index in [4.69, 9.17) is 0 Å². The SMILES string of the molecule is CN1CCC(O)(C(=O)NCC2CCCN(C)C2)CC1. The smallest absolute Gasteiger partial charge is 0.252 e. The molecule has 5 nitrogen and oxygen atoms in total. The number of likely N-dealkylation sites (tertiary alicyclic amines) is 2. The van der Waals surface area contributed by atoms with E-state index in [1.54, 1.807) is 0 Å². The van der Waals surface area contributed by atoms with Crippen LogP contribution >= 0.6 is 0 Å². The minimum atomic E-state index is -1.15. The highest BCUT2D eigenvalue weighted by Gasteiger charge is 2.38. The zero-order valence-electron chi connectivity index (χ0n) is 12.2. The lowest BCUT2D eigenvalue weighted by Gasteiger charge is -2.36. The molecule has 2 aliphatic heterocycles. The molecule has 0 spiro atoms. The van der Waals surface area contributed by atoms with Crippen LogP contribution in [0.15, 0.2) is 0 Å². The van der Waals surface area contributed by atoms with Crippen molar-refractivity contribution in [2.75, 3.05) is 46.8 Å². The highest BCUT2D eigenvalue weighted by Crippen LogP contribution is 2.22. The topological polar surface area (TPSA) is 55.8 Å². The molecule has 0 radical (unpaired) electrons. The van der Waals surface area contributed by atoms with E-state index in [0.717, 1.165) is 26.2 Å². The van der Waals surface area contributed by atoms with Crippen LogP contribution in [0.2, 0.25) is 0 Å². The molecule has 2 saturated heterocycles. The number of hydrogen-bond acceptors (Lipinski definition) is 4. The average molecular weight is 269 g/mol. The number of carbonyl (C=O) groups is 1. The summed E-state index contributed by atoms with van der Waals surface area (Å²) >= 11 is 0. The highest BCUT2D eigenvalue weighted by atomic mass is 16.3. The summed E-state index contributed by atoms with van der Waals surface area (Å²) in [6.45, 7) is 4.47. The first-order chi connectivity index (χ1) is 8.99. The lowest BCUT2D eigenvalue weighted by Crippen LogP contribution is -2.54. The molecule has 2 N–H and O–H groups in total. The average Bonchev–Trinajstić information content (AvgIpc) is 2.40. The Labute approximate surface area is 115 Å². The van der Waals surface area contributed by atoms with Gasteiger partial charge in [-0.1, -0.05) is 0 Å². The summed E-state index contributed by atoms with van der Waals surface area (Å²) in [5.74, 6) is 0.353. The zero-order valence-corrected chi connectivity index (χ0v) is 12.2. The Kier molecular flexibility index (Phi) is 4.81. The number of rotatable bonds is 3. The Balaban J connectivity index is 1.77. The van der Waals surface area contributed by atoms with Gasteiger partial charge in [0.2, 0.25) is 0 Å². The monoisotopic (exact) mass is 269 g/mol. The zero-order chi connectivity index (χ0) is 13.9. The number of amides is 1. The molecule has 1 unspecified atom stereocenters. The Bertz CT molecular complexity index is 314. The molecule has 2 fully saturated rings. The van der Waals surface area contributed by atoms with Crippen LogP contribution in [0.3, 0.4) is 0 Å². The number of hydrogen-bond donors (Lipinski definition) is 2. The van der Waals surface area contributed by atoms with Crippen molar-refractivity contribution < 1.29 is 9.90 Å². The van der Waals surface area contributed by atoms with Gasteiger partial charge >= 0.3 is 0 Å². The van der Waals surface area contributed by atoms with Gasteiger partial charge in [-0.15, -0.1) is 0 Å². The van der Waals surface area contributed by atoms with Crippen molar-refractivity contribution in [3.05, 3.63) is 0 Å². The number of aliphatic hydroxyl groups is 1. The molecule has 1 amide bonds. The van der Waals surface area contributed by atoms with Crippen molar-refractivity contribution in [1.82, 2.24) is 15.1 Å². The number of nitrogens with zero attached hydrogens (tertiary/aromatic N) is 2. The standard InChI is InChI=1S/C14H27N3O2/c1-16-8-5-14(19,6-9-16)13(18)15-10-12-4-3-7-17(2)11-12/h12,19H,3-11H2,1-2H3,(H,15,18). The van der Waals surface area contributed by atoms with Crippen LogP contribution in [0, 0.1) is 5.92 Å². The van der Waals surface area contributed by atoms with Crippen molar-refractivity contribution in [2.45, 2.75) is 31.3 Å².